The number of amides is 2. The second-order valence-corrected chi connectivity index (χ2v) is 7.54. The van der Waals surface area contributed by atoms with Gasteiger partial charge in [-0.1, -0.05) is 18.2 Å². The van der Waals surface area contributed by atoms with Crippen LogP contribution in [0, 0.1) is 5.82 Å². The summed E-state index contributed by atoms with van der Waals surface area (Å²) in [7, 11) is 1.49. The molecule has 174 valence electrons. The summed E-state index contributed by atoms with van der Waals surface area (Å²) in [6.07, 6.45) is -4.10. The number of anilines is 1. The molecule has 10 heteroatoms. The molecule has 33 heavy (non-hydrogen) atoms. The van der Waals surface area contributed by atoms with Gasteiger partial charge in [0.05, 0.1) is 31.5 Å². The van der Waals surface area contributed by atoms with E-state index < -0.39 is 47.2 Å². The van der Waals surface area contributed by atoms with E-state index in [2.05, 4.69) is 0 Å². The van der Waals surface area contributed by atoms with Crippen LogP contribution in [-0.4, -0.2) is 43.3 Å². The van der Waals surface area contributed by atoms with Crippen molar-refractivity contribution in [2.45, 2.75) is 25.2 Å². The van der Waals surface area contributed by atoms with Crippen molar-refractivity contribution in [3.63, 3.8) is 0 Å². The summed E-state index contributed by atoms with van der Waals surface area (Å²) in [5, 5.41) is 0. The second kappa shape index (κ2) is 8.09. The Labute approximate surface area is 187 Å². The summed E-state index contributed by atoms with van der Waals surface area (Å²) >= 11 is 0. The van der Waals surface area contributed by atoms with Crippen LogP contribution in [0.3, 0.4) is 0 Å². The number of hydrogen-bond acceptors (Lipinski definition) is 4. The molecule has 2 aromatic carbocycles. The molecule has 2 heterocycles. The van der Waals surface area contributed by atoms with Crippen molar-refractivity contribution in [2.24, 2.45) is 0 Å². The third-order valence-electron chi connectivity index (χ3n) is 5.78. The highest BCUT2D eigenvalue weighted by molar-refractivity contribution is 6.02. The van der Waals surface area contributed by atoms with E-state index in [0.717, 1.165) is 29.2 Å². The Morgan fingerprint density at radius 1 is 1.15 bits per heavy atom. The molecule has 2 aliphatic heterocycles. The minimum absolute atomic E-state index is 0.0688. The van der Waals surface area contributed by atoms with E-state index in [1.807, 2.05) is 0 Å². The van der Waals surface area contributed by atoms with E-state index >= 15 is 0 Å². The Balaban J connectivity index is 1.89. The van der Waals surface area contributed by atoms with Crippen molar-refractivity contribution in [1.82, 2.24) is 4.90 Å². The molecule has 0 radical (unpaired) electrons. The number of nitrogens with zero attached hydrogens (tertiary/aromatic N) is 2. The summed E-state index contributed by atoms with van der Waals surface area (Å²) in [5.41, 5.74) is -3.95. The van der Waals surface area contributed by atoms with Crippen LogP contribution < -0.4 is 9.64 Å². The number of fused-ring (bicyclic) bond motifs is 3. The fourth-order valence-corrected chi connectivity index (χ4v) is 4.37. The molecule has 0 saturated heterocycles. The van der Waals surface area contributed by atoms with Gasteiger partial charge < -0.3 is 9.47 Å². The number of urea groups is 1. The van der Waals surface area contributed by atoms with E-state index in [0.29, 0.717) is 16.2 Å². The third kappa shape index (κ3) is 3.40. The lowest BCUT2D eigenvalue weighted by Crippen LogP contribution is -2.64. The molecule has 4 rings (SSSR count). The van der Waals surface area contributed by atoms with E-state index in [4.69, 9.17) is 9.47 Å². The molecular formula is C23H20F4N2O4. The fourth-order valence-electron chi connectivity index (χ4n) is 4.37. The van der Waals surface area contributed by atoms with Crippen molar-refractivity contribution >= 4 is 17.7 Å². The molecule has 1 atom stereocenters. The smallest absolute Gasteiger partial charge is 0.420 e. The van der Waals surface area contributed by atoms with Gasteiger partial charge in [-0.2, -0.15) is 13.2 Å². The maximum Gasteiger partial charge on any atom is 0.420 e. The molecule has 2 aliphatic rings. The van der Waals surface area contributed by atoms with Gasteiger partial charge in [0.25, 0.3) is 0 Å². The van der Waals surface area contributed by atoms with Crippen LogP contribution in [0.1, 0.15) is 18.1 Å². The average Bonchev–Trinajstić information content (AvgIpc) is 3.20. The number of benzene rings is 2. The monoisotopic (exact) mass is 464 g/mol. The lowest BCUT2D eigenvalue weighted by atomic mass is 9.79. The molecular weight excluding hydrogens is 444 g/mol. The summed E-state index contributed by atoms with van der Waals surface area (Å²) in [6.45, 7) is 0.752. The minimum atomic E-state index is -5.12. The van der Waals surface area contributed by atoms with Crippen LogP contribution in [0.5, 0.6) is 5.75 Å². The van der Waals surface area contributed by atoms with Crippen molar-refractivity contribution in [3.8, 4) is 5.75 Å². The van der Waals surface area contributed by atoms with Crippen molar-refractivity contribution < 1.29 is 36.6 Å². The number of methoxy groups -OCH3 is 1. The SMILES string of the molecule is CCOC(=O)C1=CCN2C(=O)N(Cc3ccc(OC)cc3)c3ccc(F)cc3C12C(F)(F)F. The van der Waals surface area contributed by atoms with Gasteiger partial charge in [0.1, 0.15) is 11.6 Å². The molecule has 1 unspecified atom stereocenters. The Morgan fingerprint density at radius 2 is 1.85 bits per heavy atom. The molecule has 0 fully saturated rings. The maximum absolute atomic E-state index is 14.8. The molecule has 0 bridgehead atoms. The highest BCUT2D eigenvalue weighted by atomic mass is 19.4. The van der Waals surface area contributed by atoms with Gasteiger partial charge in [-0.15, -0.1) is 0 Å². The molecule has 2 amide bonds. The maximum atomic E-state index is 14.8. The van der Waals surface area contributed by atoms with Gasteiger partial charge in [-0.05, 0) is 42.8 Å². The molecule has 0 N–H and O–H groups in total. The van der Waals surface area contributed by atoms with E-state index in [1.165, 1.54) is 14.0 Å². The van der Waals surface area contributed by atoms with Gasteiger partial charge in [0.2, 0.25) is 5.54 Å². The lowest BCUT2D eigenvalue weighted by molar-refractivity contribution is -0.212. The summed E-state index contributed by atoms with van der Waals surface area (Å²) in [5.74, 6) is -1.56. The van der Waals surface area contributed by atoms with E-state index in [9.17, 15) is 27.2 Å². The van der Waals surface area contributed by atoms with Gasteiger partial charge in [0, 0.05) is 12.1 Å². The Kier molecular flexibility index (Phi) is 5.55. The molecule has 0 saturated carbocycles. The van der Waals surface area contributed by atoms with Crippen molar-refractivity contribution in [2.75, 3.05) is 25.2 Å². The normalized spacial score (nSPS) is 19.7. The predicted molar refractivity (Wildman–Crippen MR) is 110 cm³/mol. The zero-order valence-electron chi connectivity index (χ0n) is 17.8. The van der Waals surface area contributed by atoms with Crippen molar-refractivity contribution in [3.05, 3.63) is 71.1 Å². The first-order valence-electron chi connectivity index (χ1n) is 10.1. The van der Waals surface area contributed by atoms with Crippen LogP contribution >= 0.6 is 0 Å². The quantitative estimate of drug-likeness (QED) is 0.482. The molecule has 0 aromatic heterocycles. The summed E-state index contributed by atoms with van der Waals surface area (Å²) < 4.78 is 68.5. The van der Waals surface area contributed by atoms with Crippen LogP contribution in [0.4, 0.5) is 28.0 Å². The zero-order chi connectivity index (χ0) is 24.0. The number of carbonyl (C=O) groups excluding carboxylic acids is 2. The standard InChI is InChI=1S/C23H20F4N2O4/c1-3-33-20(30)17-10-11-29-21(31)28(13-14-4-7-16(32-2)8-5-14)19-9-6-15(24)12-18(19)22(17,29)23(25,26)27/h4-10,12H,3,11,13H2,1-2H3. The summed E-state index contributed by atoms with van der Waals surface area (Å²) in [4.78, 5) is 27.6. The number of esters is 1. The van der Waals surface area contributed by atoms with Crippen LogP contribution in [0.15, 0.2) is 54.1 Å². The predicted octanol–water partition coefficient (Wildman–Crippen LogP) is 4.54. The van der Waals surface area contributed by atoms with Gasteiger partial charge in [0.15, 0.2) is 0 Å². The van der Waals surface area contributed by atoms with E-state index in [-0.39, 0.29) is 18.8 Å². The number of alkyl halides is 3. The van der Waals surface area contributed by atoms with Crippen LogP contribution in [0.2, 0.25) is 0 Å². The zero-order valence-corrected chi connectivity index (χ0v) is 17.8. The number of rotatable bonds is 5. The highest BCUT2D eigenvalue weighted by Crippen LogP contribution is 2.57. The molecule has 0 aliphatic carbocycles. The second-order valence-electron chi connectivity index (χ2n) is 7.54. The van der Waals surface area contributed by atoms with Crippen LogP contribution in [-0.2, 0) is 21.6 Å². The first-order valence-corrected chi connectivity index (χ1v) is 10.1. The largest absolute Gasteiger partial charge is 0.497 e. The van der Waals surface area contributed by atoms with E-state index in [1.54, 1.807) is 24.3 Å². The number of hydrogen-bond donors (Lipinski definition) is 0. The molecule has 2 aromatic rings. The summed E-state index contributed by atoms with van der Waals surface area (Å²) in [6, 6.07) is 8.53. The lowest BCUT2D eigenvalue weighted by Gasteiger charge is -2.48. The van der Waals surface area contributed by atoms with Gasteiger partial charge in [-0.3, -0.25) is 9.80 Å². The van der Waals surface area contributed by atoms with Crippen LogP contribution in [0.25, 0.3) is 0 Å². The number of carbonyl (C=O) groups is 2. The average molecular weight is 464 g/mol. The first kappa shape index (κ1) is 22.6. The topological polar surface area (TPSA) is 59.1 Å². The van der Waals surface area contributed by atoms with Crippen molar-refractivity contribution in [1.29, 1.82) is 0 Å². The van der Waals surface area contributed by atoms with Gasteiger partial charge in [-0.25, -0.2) is 14.0 Å². The first-order chi connectivity index (χ1) is 15.6. The Bertz CT molecular complexity index is 1130. The Hall–Kier alpha value is -3.56. The number of halogens is 4. The third-order valence-corrected chi connectivity index (χ3v) is 5.78. The Morgan fingerprint density at radius 3 is 2.45 bits per heavy atom. The molecule has 6 nitrogen and oxygen atoms in total. The fraction of sp³-hybridized carbons (Fsp3) is 0.304. The minimum Gasteiger partial charge on any atom is -0.497 e. The highest BCUT2D eigenvalue weighted by Gasteiger charge is 2.70. The molecule has 0 spiro atoms. The number of ether oxygens (including phenoxy) is 2. The van der Waals surface area contributed by atoms with Gasteiger partial charge >= 0.3 is 18.2 Å².